The topological polar surface area (TPSA) is 75.6 Å². The smallest absolute Gasteiger partial charge is 0.332 e. The molecular formula is C25H20F2N4O3. The van der Waals surface area contributed by atoms with E-state index in [0.717, 1.165) is 12.1 Å². The second kappa shape index (κ2) is 8.90. The van der Waals surface area contributed by atoms with Crippen LogP contribution >= 0.6 is 0 Å². The molecule has 7 nitrogen and oxygen atoms in total. The highest BCUT2D eigenvalue weighted by Gasteiger charge is 2.48. The number of rotatable bonds is 3. The Bertz CT molecular complexity index is 1300. The van der Waals surface area contributed by atoms with Gasteiger partial charge in [-0.1, -0.05) is 30.0 Å². The fourth-order valence-corrected chi connectivity index (χ4v) is 3.69. The molecule has 0 saturated carbocycles. The Balaban J connectivity index is 1.66. The van der Waals surface area contributed by atoms with Gasteiger partial charge < -0.3 is 9.64 Å². The van der Waals surface area contributed by atoms with Crippen molar-refractivity contribution in [3.63, 3.8) is 0 Å². The van der Waals surface area contributed by atoms with Gasteiger partial charge >= 0.3 is 12.0 Å². The first-order chi connectivity index (χ1) is 16.2. The van der Waals surface area contributed by atoms with E-state index in [0.29, 0.717) is 16.0 Å². The van der Waals surface area contributed by atoms with E-state index in [2.05, 4.69) is 21.8 Å². The molecule has 1 aliphatic heterocycles. The number of urea groups is 1. The molecule has 1 atom stereocenters. The van der Waals surface area contributed by atoms with Crippen molar-refractivity contribution in [2.75, 3.05) is 19.1 Å². The Kier molecular flexibility index (Phi) is 5.99. The molecule has 2 heterocycles. The number of benzene rings is 2. The van der Waals surface area contributed by atoms with E-state index in [1.807, 2.05) is 6.07 Å². The van der Waals surface area contributed by atoms with Crippen molar-refractivity contribution >= 4 is 17.6 Å². The zero-order valence-corrected chi connectivity index (χ0v) is 18.7. The second-order valence-corrected chi connectivity index (χ2v) is 7.88. The molecule has 2 aromatic carbocycles. The van der Waals surface area contributed by atoms with E-state index in [4.69, 9.17) is 4.74 Å². The average Bonchev–Trinajstić information content (AvgIpc) is 2.83. The Morgan fingerprint density at radius 3 is 2.18 bits per heavy atom. The highest BCUT2D eigenvalue weighted by molar-refractivity contribution is 6.16. The maximum absolute atomic E-state index is 15.0. The van der Waals surface area contributed by atoms with Crippen molar-refractivity contribution in [3.8, 4) is 17.9 Å². The van der Waals surface area contributed by atoms with E-state index < -0.39 is 34.8 Å². The van der Waals surface area contributed by atoms with E-state index in [1.165, 1.54) is 31.5 Å². The van der Waals surface area contributed by atoms with Crippen molar-refractivity contribution in [2.45, 2.75) is 18.9 Å². The number of methoxy groups -OCH3 is 1. The summed E-state index contributed by atoms with van der Waals surface area (Å²) in [5, 5.41) is 0. The number of carbonyl (C=O) groups excluding carboxylic acids is 2. The van der Waals surface area contributed by atoms with Gasteiger partial charge in [-0.15, -0.1) is 0 Å². The van der Waals surface area contributed by atoms with Crippen LogP contribution in [0.2, 0.25) is 0 Å². The summed E-state index contributed by atoms with van der Waals surface area (Å²) in [7, 11) is 2.86. The lowest BCUT2D eigenvalue weighted by Crippen LogP contribution is -2.60. The van der Waals surface area contributed by atoms with Crippen LogP contribution in [0.4, 0.5) is 19.3 Å². The summed E-state index contributed by atoms with van der Waals surface area (Å²) in [5.74, 6) is 2.62. The fourth-order valence-electron chi connectivity index (χ4n) is 3.69. The minimum atomic E-state index is -1.12. The summed E-state index contributed by atoms with van der Waals surface area (Å²) in [6, 6.07) is 10.2. The highest BCUT2D eigenvalue weighted by Crippen LogP contribution is 2.38. The van der Waals surface area contributed by atoms with Crippen LogP contribution < -0.4 is 9.64 Å². The number of carbonyl (C=O) groups is 2. The minimum absolute atomic E-state index is 0.0769. The van der Waals surface area contributed by atoms with Crippen molar-refractivity contribution in [3.05, 3.63) is 83.2 Å². The molecule has 0 N–H and O–H groups in total. The lowest BCUT2D eigenvalue weighted by Gasteiger charge is -2.45. The molecule has 0 radical (unpaired) electrons. The van der Waals surface area contributed by atoms with Gasteiger partial charge in [0.05, 0.1) is 19.1 Å². The maximum Gasteiger partial charge on any atom is 0.332 e. The predicted octanol–water partition coefficient (Wildman–Crippen LogP) is 3.87. The number of hydrogen-bond acceptors (Lipinski definition) is 5. The van der Waals surface area contributed by atoms with E-state index >= 15 is 0 Å². The maximum atomic E-state index is 15.0. The van der Waals surface area contributed by atoms with Crippen LogP contribution in [0, 0.1) is 23.5 Å². The molecule has 3 amide bonds. The number of ether oxygens (including phenoxy) is 1. The third-order valence-corrected chi connectivity index (χ3v) is 5.76. The Morgan fingerprint density at radius 2 is 1.59 bits per heavy atom. The first-order valence-electron chi connectivity index (χ1n) is 10.3. The Morgan fingerprint density at radius 1 is 1.00 bits per heavy atom. The molecule has 0 spiro atoms. The molecule has 0 aliphatic carbocycles. The van der Waals surface area contributed by atoms with Gasteiger partial charge in [-0.3, -0.25) is 4.79 Å². The lowest BCUT2D eigenvalue weighted by molar-refractivity contribution is -0.122. The van der Waals surface area contributed by atoms with E-state index in [1.54, 1.807) is 31.2 Å². The number of anilines is 1. The largest absolute Gasteiger partial charge is 0.467 e. The number of amides is 3. The summed E-state index contributed by atoms with van der Waals surface area (Å²) in [5.41, 5.74) is -0.625. The van der Waals surface area contributed by atoms with Crippen LogP contribution in [0.25, 0.3) is 0 Å². The molecule has 1 unspecified atom stereocenters. The highest BCUT2D eigenvalue weighted by atomic mass is 19.1. The van der Waals surface area contributed by atoms with E-state index in [9.17, 15) is 18.4 Å². The predicted molar refractivity (Wildman–Crippen MR) is 120 cm³/mol. The van der Waals surface area contributed by atoms with Crippen molar-refractivity contribution in [1.29, 1.82) is 0 Å². The van der Waals surface area contributed by atoms with Gasteiger partial charge in [0.15, 0.2) is 11.6 Å². The number of aromatic nitrogens is 2. The molecule has 172 valence electrons. The molecule has 1 aromatic heterocycles. The SMILES string of the molecule is COc1ncc(C2(C)CC(=O)N(c3c(F)cc(C#Cc4ccccc4)cc3F)C(=O)N2C)cn1. The second-order valence-electron chi connectivity index (χ2n) is 7.88. The molecule has 1 saturated heterocycles. The summed E-state index contributed by atoms with van der Waals surface area (Å²) in [4.78, 5) is 36.0. The van der Waals surface area contributed by atoms with Gasteiger partial charge in [-0.05, 0) is 31.2 Å². The molecule has 1 fully saturated rings. The molecule has 9 heteroatoms. The van der Waals surface area contributed by atoms with Crippen LogP contribution in [0.15, 0.2) is 54.9 Å². The first kappa shape index (κ1) is 22.9. The van der Waals surface area contributed by atoms with Crippen LogP contribution in [0.3, 0.4) is 0 Å². The third kappa shape index (κ3) is 4.06. The van der Waals surface area contributed by atoms with Gasteiger partial charge in [0.2, 0.25) is 5.91 Å². The van der Waals surface area contributed by atoms with E-state index in [-0.39, 0.29) is 18.0 Å². The molecule has 0 bridgehead atoms. The fraction of sp³-hybridized carbons (Fsp3) is 0.200. The summed E-state index contributed by atoms with van der Waals surface area (Å²) >= 11 is 0. The zero-order valence-electron chi connectivity index (χ0n) is 18.7. The van der Waals surface area contributed by atoms with Gasteiger partial charge in [0.25, 0.3) is 0 Å². The zero-order chi connectivity index (χ0) is 24.5. The molecule has 3 aromatic rings. The van der Waals surface area contributed by atoms with Gasteiger partial charge in [-0.2, -0.15) is 0 Å². The summed E-state index contributed by atoms with van der Waals surface area (Å²) in [6.45, 7) is 1.65. The van der Waals surface area contributed by atoms with Gasteiger partial charge in [-0.25, -0.2) is 28.4 Å². The first-order valence-corrected chi connectivity index (χ1v) is 10.3. The molecular weight excluding hydrogens is 442 g/mol. The van der Waals surface area contributed by atoms with Gasteiger partial charge in [0.1, 0.15) is 5.69 Å². The van der Waals surface area contributed by atoms with Crippen LogP contribution in [-0.4, -0.2) is 41.0 Å². The monoisotopic (exact) mass is 462 g/mol. The number of halogens is 2. The normalized spacial score (nSPS) is 17.9. The minimum Gasteiger partial charge on any atom is -0.467 e. The van der Waals surface area contributed by atoms with Crippen LogP contribution in [-0.2, 0) is 10.3 Å². The average molecular weight is 462 g/mol. The quantitative estimate of drug-likeness (QED) is 0.553. The summed E-state index contributed by atoms with van der Waals surface area (Å²) in [6.07, 6.45) is 2.65. The lowest BCUT2D eigenvalue weighted by atomic mass is 9.86. The number of nitrogens with zero attached hydrogens (tertiary/aromatic N) is 4. The number of hydrogen-bond donors (Lipinski definition) is 0. The number of imide groups is 1. The van der Waals surface area contributed by atoms with Crippen LogP contribution in [0.5, 0.6) is 6.01 Å². The van der Waals surface area contributed by atoms with Crippen molar-refractivity contribution < 1.29 is 23.1 Å². The van der Waals surface area contributed by atoms with Crippen molar-refractivity contribution in [1.82, 2.24) is 14.9 Å². The molecule has 4 rings (SSSR count). The summed E-state index contributed by atoms with van der Waals surface area (Å²) < 4.78 is 34.9. The van der Waals surface area contributed by atoms with Crippen molar-refractivity contribution in [2.24, 2.45) is 0 Å². The standard InChI is InChI=1S/C25H20F2N4O3/c1-25(18-14-28-23(34-3)29-15-18)13-21(32)31(24(33)30(25)2)22-19(26)11-17(12-20(22)27)10-9-16-7-5-4-6-8-16/h4-8,11-12,14-15H,13H2,1-3H3. The molecule has 1 aliphatic rings. The Labute approximate surface area is 195 Å². The molecule has 34 heavy (non-hydrogen) atoms. The van der Waals surface area contributed by atoms with Gasteiger partial charge in [0, 0.05) is 36.1 Å². The van der Waals surface area contributed by atoms with Crippen LogP contribution in [0.1, 0.15) is 30.0 Å². The third-order valence-electron chi connectivity index (χ3n) is 5.76. The Hall–Kier alpha value is -4.32.